The lowest BCUT2D eigenvalue weighted by atomic mass is 10.0. The number of hydrogen-bond donors (Lipinski definition) is 2. The van der Waals surface area contributed by atoms with Crippen molar-refractivity contribution in [2.75, 3.05) is 57.3 Å². The number of nitrogens with zero attached hydrogens (tertiary/aromatic N) is 1. The van der Waals surface area contributed by atoms with Crippen LogP contribution in [0, 0.1) is 11.8 Å². The Labute approximate surface area is 231 Å². The van der Waals surface area contributed by atoms with Crippen molar-refractivity contribution in [2.45, 2.75) is 37.7 Å². The molecule has 10 heteroatoms. The number of benzene rings is 2. The monoisotopic (exact) mass is 577 g/mol. The van der Waals surface area contributed by atoms with Crippen LogP contribution in [0.15, 0.2) is 30.3 Å². The SMILES string of the molecule is CN1CCC(Nc2cccc3c(CC(F)(F)F)c(C#CCNc4ccc(P(C)C)c5c4OCC5)sc23)C(F)C1. The second kappa shape index (κ2) is 11.5. The van der Waals surface area contributed by atoms with Crippen molar-refractivity contribution in [3.63, 3.8) is 0 Å². The molecule has 2 aliphatic heterocycles. The zero-order chi connectivity index (χ0) is 27.7. The van der Waals surface area contributed by atoms with Gasteiger partial charge in [-0.25, -0.2) is 4.39 Å². The summed E-state index contributed by atoms with van der Waals surface area (Å²) in [7, 11) is 1.63. The first-order chi connectivity index (χ1) is 18.6. The van der Waals surface area contributed by atoms with Crippen molar-refractivity contribution < 1.29 is 22.3 Å². The van der Waals surface area contributed by atoms with E-state index in [0.717, 1.165) is 24.4 Å². The molecule has 1 saturated heterocycles. The van der Waals surface area contributed by atoms with Crippen LogP contribution in [0.5, 0.6) is 5.75 Å². The van der Waals surface area contributed by atoms with Gasteiger partial charge in [0.15, 0.2) is 0 Å². The molecular weight excluding hydrogens is 545 g/mol. The highest BCUT2D eigenvalue weighted by atomic mass is 32.1. The summed E-state index contributed by atoms with van der Waals surface area (Å²) >= 11 is 1.23. The van der Waals surface area contributed by atoms with Crippen LogP contribution < -0.4 is 20.7 Å². The number of alkyl halides is 4. The van der Waals surface area contributed by atoms with Gasteiger partial charge in [-0.3, -0.25) is 0 Å². The maximum Gasteiger partial charge on any atom is 0.393 e. The third-order valence-corrected chi connectivity index (χ3v) is 9.75. The van der Waals surface area contributed by atoms with E-state index in [9.17, 15) is 17.6 Å². The molecule has 0 aliphatic carbocycles. The highest BCUT2D eigenvalue weighted by Gasteiger charge is 2.32. The molecule has 3 aromatic rings. The fourth-order valence-electron chi connectivity index (χ4n) is 5.28. The number of likely N-dealkylation sites (tertiary alicyclic amines) is 1. The van der Waals surface area contributed by atoms with E-state index in [-0.39, 0.29) is 26.1 Å². The van der Waals surface area contributed by atoms with Crippen LogP contribution in [-0.2, 0) is 12.8 Å². The van der Waals surface area contributed by atoms with Gasteiger partial charge in [0.25, 0.3) is 0 Å². The largest absolute Gasteiger partial charge is 0.491 e. The number of piperidine rings is 1. The van der Waals surface area contributed by atoms with E-state index in [0.29, 0.717) is 40.2 Å². The standard InChI is InChI=1S/C29H32F4N3OPS/c1-36-14-11-22(21(30)17-36)35-24-7-4-6-18-20(16-29(31,32)33)26(39-28(18)24)8-5-13-34-23-9-10-25(38(2)3)19-12-15-37-27(19)23/h4,6-7,9-10,21-22,34-35H,11-17H2,1-3H3. The normalized spacial score (nSPS) is 19.5. The van der Waals surface area contributed by atoms with Gasteiger partial charge in [-0.15, -0.1) is 11.3 Å². The summed E-state index contributed by atoms with van der Waals surface area (Å²) in [5.41, 5.74) is 2.92. The molecule has 1 aromatic heterocycles. The lowest BCUT2D eigenvalue weighted by molar-refractivity contribution is -0.126. The number of halogens is 4. The molecule has 5 rings (SSSR count). The summed E-state index contributed by atoms with van der Waals surface area (Å²) < 4.78 is 62.0. The van der Waals surface area contributed by atoms with E-state index < -0.39 is 18.8 Å². The number of hydrogen-bond acceptors (Lipinski definition) is 5. The predicted octanol–water partition coefficient (Wildman–Crippen LogP) is 6.23. The Bertz CT molecular complexity index is 1410. The first-order valence-corrected chi connectivity index (χ1v) is 16.0. The summed E-state index contributed by atoms with van der Waals surface area (Å²) in [5.74, 6) is 6.88. The maximum atomic E-state index is 14.7. The maximum absolute atomic E-state index is 14.7. The van der Waals surface area contributed by atoms with Gasteiger partial charge in [-0.05, 0) is 55.2 Å². The molecule has 2 unspecified atom stereocenters. The van der Waals surface area contributed by atoms with Gasteiger partial charge in [0.05, 0.1) is 46.6 Å². The van der Waals surface area contributed by atoms with Gasteiger partial charge in [-0.2, -0.15) is 13.2 Å². The Morgan fingerprint density at radius 1 is 1.18 bits per heavy atom. The average Bonchev–Trinajstić information content (AvgIpc) is 3.49. The summed E-state index contributed by atoms with van der Waals surface area (Å²) in [4.78, 5) is 2.33. The third kappa shape index (κ3) is 6.29. The van der Waals surface area contributed by atoms with Crippen LogP contribution in [-0.4, -0.2) is 69.9 Å². The van der Waals surface area contributed by atoms with Crippen LogP contribution in [0.25, 0.3) is 10.1 Å². The lowest BCUT2D eigenvalue weighted by Gasteiger charge is -2.33. The zero-order valence-electron chi connectivity index (χ0n) is 22.2. The van der Waals surface area contributed by atoms with Crippen LogP contribution in [0.3, 0.4) is 0 Å². The topological polar surface area (TPSA) is 36.5 Å². The second-order valence-corrected chi connectivity index (χ2v) is 13.6. The average molecular weight is 578 g/mol. The summed E-state index contributed by atoms with van der Waals surface area (Å²) in [6, 6.07) is 8.97. The molecule has 4 nitrogen and oxygen atoms in total. The van der Waals surface area contributed by atoms with Crippen molar-refractivity contribution in [1.29, 1.82) is 0 Å². The minimum atomic E-state index is -4.37. The van der Waals surface area contributed by atoms with Gasteiger partial charge >= 0.3 is 6.18 Å². The number of ether oxygens (including phenoxy) is 1. The van der Waals surface area contributed by atoms with Gasteiger partial charge in [0, 0.05) is 25.1 Å². The van der Waals surface area contributed by atoms with Crippen molar-refractivity contribution in [1.82, 2.24) is 4.90 Å². The molecule has 39 heavy (non-hydrogen) atoms. The van der Waals surface area contributed by atoms with Crippen molar-refractivity contribution in [3.05, 3.63) is 46.3 Å². The van der Waals surface area contributed by atoms with Gasteiger partial charge in [-0.1, -0.05) is 38.0 Å². The third-order valence-electron chi connectivity index (χ3n) is 7.17. The Kier molecular flexibility index (Phi) is 8.28. The number of rotatable bonds is 6. The Morgan fingerprint density at radius 3 is 2.74 bits per heavy atom. The molecule has 0 saturated carbocycles. The van der Waals surface area contributed by atoms with Crippen LogP contribution in [0.2, 0.25) is 0 Å². The number of nitrogens with one attached hydrogen (secondary N) is 2. The summed E-state index contributed by atoms with van der Waals surface area (Å²) in [6.07, 6.45) is -4.98. The molecule has 0 bridgehead atoms. The predicted molar refractivity (Wildman–Crippen MR) is 155 cm³/mol. The molecule has 3 heterocycles. The van der Waals surface area contributed by atoms with E-state index >= 15 is 0 Å². The summed E-state index contributed by atoms with van der Waals surface area (Å²) in [5, 5.41) is 8.41. The van der Waals surface area contributed by atoms with Crippen LogP contribution in [0.4, 0.5) is 28.9 Å². The minimum Gasteiger partial charge on any atom is -0.491 e. The molecule has 2 aliphatic rings. The molecule has 0 radical (unpaired) electrons. The fraction of sp³-hybridized carbons (Fsp3) is 0.448. The minimum absolute atomic E-state index is 0.173. The number of thiophene rings is 1. The molecule has 0 amide bonds. The highest BCUT2D eigenvalue weighted by Crippen LogP contribution is 2.40. The lowest BCUT2D eigenvalue weighted by Crippen LogP contribution is -2.46. The first kappa shape index (κ1) is 28.0. The Balaban J connectivity index is 1.40. The van der Waals surface area contributed by atoms with Gasteiger partial charge < -0.3 is 20.3 Å². The molecule has 2 aromatic carbocycles. The number of anilines is 2. The molecule has 1 fully saturated rings. The highest BCUT2D eigenvalue weighted by molar-refractivity contribution is 7.64. The molecule has 0 spiro atoms. The second-order valence-electron chi connectivity index (χ2n) is 10.3. The summed E-state index contributed by atoms with van der Waals surface area (Å²) in [6.45, 7) is 6.45. The van der Waals surface area contributed by atoms with Crippen LogP contribution in [0.1, 0.15) is 22.4 Å². The van der Waals surface area contributed by atoms with E-state index in [4.69, 9.17) is 4.74 Å². The Hall–Kier alpha value is -2.53. The molecule has 2 N–H and O–H groups in total. The van der Waals surface area contributed by atoms with Gasteiger partial charge in [0.1, 0.15) is 11.9 Å². The van der Waals surface area contributed by atoms with E-state index in [2.05, 4.69) is 41.9 Å². The van der Waals surface area contributed by atoms with Crippen molar-refractivity contribution >= 4 is 46.0 Å². The van der Waals surface area contributed by atoms with E-state index in [1.807, 2.05) is 24.1 Å². The van der Waals surface area contributed by atoms with Crippen LogP contribution >= 0.6 is 19.3 Å². The Morgan fingerprint density at radius 2 is 2.00 bits per heavy atom. The molecule has 208 valence electrons. The first-order valence-electron chi connectivity index (χ1n) is 13.0. The zero-order valence-corrected chi connectivity index (χ0v) is 23.9. The van der Waals surface area contributed by atoms with Gasteiger partial charge in [0.2, 0.25) is 0 Å². The molecule has 2 atom stereocenters. The molecular formula is C29H32F4N3OPS. The smallest absolute Gasteiger partial charge is 0.393 e. The fourth-order valence-corrected chi connectivity index (χ4v) is 7.58. The quantitative estimate of drug-likeness (QED) is 0.207. The van der Waals surface area contributed by atoms with E-state index in [1.54, 1.807) is 12.1 Å². The van der Waals surface area contributed by atoms with Crippen molar-refractivity contribution in [2.24, 2.45) is 0 Å². The number of fused-ring (bicyclic) bond motifs is 2. The van der Waals surface area contributed by atoms with E-state index in [1.165, 1.54) is 22.2 Å². The van der Waals surface area contributed by atoms with Crippen molar-refractivity contribution in [3.8, 4) is 17.6 Å².